The first-order valence-electron chi connectivity index (χ1n) is 6.84. The van der Waals surface area contributed by atoms with E-state index in [0.717, 1.165) is 22.3 Å². The Morgan fingerprint density at radius 3 is 2.45 bits per heavy atom. The van der Waals surface area contributed by atoms with Gasteiger partial charge in [-0.3, -0.25) is 4.98 Å². The van der Waals surface area contributed by atoms with Crippen molar-refractivity contribution < 1.29 is 9.53 Å². The number of esters is 1. The fraction of sp³-hybridized carbons (Fsp3) is 0.0556. The van der Waals surface area contributed by atoms with Crippen LogP contribution in [0.25, 0.3) is 23.2 Å². The van der Waals surface area contributed by atoms with Crippen molar-refractivity contribution in [1.82, 2.24) is 9.97 Å². The van der Waals surface area contributed by atoms with E-state index in [9.17, 15) is 4.79 Å². The van der Waals surface area contributed by atoms with E-state index in [0.29, 0.717) is 5.56 Å². The van der Waals surface area contributed by atoms with Crippen LogP contribution in [0.15, 0.2) is 54.7 Å². The number of ether oxygens (including phenoxy) is 1. The highest BCUT2D eigenvalue weighted by Gasteiger charge is 2.03. The molecule has 0 aliphatic rings. The third kappa shape index (κ3) is 3.01. The van der Waals surface area contributed by atoms with Crippen molar-refractivity contribution in [3.05, 3.63) is 71.5 Å². The van der Waals surface area contributed by atoms with Crippen molar-refractivity contribution >= 4 is 29.2 Å². The van der Waals surface area contributed by atoms with Crippen molar-refractivity contribution in [3.63, 3.8) is 0 Å². The summed E-state index contributed by atoms with van der Waals surface area (Å²) in [5.74, 6) is -0.337. The average molecular weight is 290 g/mol. The SMILES string of the molecule is COC(=O)c1ccc(C=Cc2cnc3ccccc3n2)cc1. The van der Waals surface area contributed by atoms with Crippen molar-refractivity contribution in [3.8, 4) is 0 Å². The number of rotatable bonds is 3. The third-order valence-electron chi connectivity index (χ3n) is 3.25. The normalized spacial score (nSPS) is 11.0. The average Bonchev–Trinajstić information content (AvgIpc) is 2.59. The Morgan fingerprint density at radius 1 is 1.00 bits per heavy atom. The summed E-state index contributed by atoms with van der Waals surface area (Å²) in [5.41, 5.74) is 4.04. The highest BCUT2D eigenvalue weighted by molar-refractivity contribution is 5.89. The molecular weight excluding hydrogens is 276 g/mol. The summed E-state index contributed by atoms with van der Waals surface area (Å²) in [6.45, 7) is 0. The van der Waals surface area contributed by atoms with Crippen molar-refractivity contribution in [2.24, 2.45) is 0 Å². The number of fused-ring (bicyclic) bond motifs is 1. The second-order valence-corrected chi connectivity index (χ2v) is 4.73. The Hall–Kier alpha value is -3.01. The Balaban J connectivity index is 1.81. The highest BCUT2D eigenvalue weighted by atomic mass is 16.5. The fourth-order valence-electron chi connectivity index (χ4n) is 2.08. The zero-order valence-corrected chi connectivity index (χ0v) is 12.1. The van der Waals surface area contributed by atoms with E-state index in [2.05, 4.69) is 14.7 Å². The van der Waals surface area contributed by atoms with Crippen LogP contribution >= 0.6 is 0 Å². The molecule has 1 heterocycles. The Kier molecular flexibility index (Phi) is 3.92. The number of carbonyl (C=O) groups excluding carboxylic acids is 1. The maximum Gasteiger partial charge on any atom is 0.337 e. The summed E-state index contributed by atoms with van der Waals surface area (Å²) in [4.78, 5) is 20.3. The zero-order valence-electron chi connectivity index (χ0n) is 12.1. The van der Waals surface area contributed by atoms with E-state index in [-0.39, 0.29) is 5.97 Å². The van der Waals surface area contributed by atoms with Crippen LogP contribution in [0.5, 0.6) is 0 Å². The number of hydrogen-bond acceptors (Lipinski definition) is 4. The van der Waals surface area contributed by atoms with Gasteiger partial charge in [0, 0.05) is 0 Å². The van der Waals surface area contributed by atoms with Gasteiger partial charge < -0.3 is 4.74 Å². The first-order chi connectivity index (χ1) is 10.8. The number of methoxy groups -OCH3 is 1. The van der Waals surface area contributed by atoms with Gasteiger partial charge in [-0.1, -0.05) is 30.3 Å². The quantitative estimate of drug-likeness (QED) is 0.692. The van der Waals surface area contributed by atoms with Gasteiger partial charge in [0.25, 0.3) is 0 Å². The van der Waals surface area contributed by atoms with E-state index in [1.807, 2.05) is 48.6 Å². The molecule has 22 heavy (non-hydrogen) atoms. The van der Waals surface area contributed by atoms with E-state index >= 15 is 0 Å². The minimum absolute atomic E-state index is 0.337. The first kappa shape index (κ1) is 13.9. The molecule has 0 saturated heterocycles. The standard InChI is InChI=1S/C18H14N2O2/c1-22-18(21)14-9-6-13(7-10-14)8-11-15-12-19-16-4-2-3-5-17(16)20-15/h2-12H,1H3. The predicted octanol–water partition coefficient (Wildman–Crippen LogP) is 3.59. The summed E-state index contributed by atoms with van der Waals surface area (Å²) < 4.78 is 4.67. The van der Waals surface area contributed by atoms with Gasteiger partial charge in [-0.15, -0.1) is 0 Å². The van der Waals surface area contributed by atoms with Crippen LogP contribution < -0.4 is 0 Å². The van der Waals surface area contributed by atoms with Gasteiger partial charge >= 0.3 is 5.97 Å². The van der Waals surface area contributed by atoms with E-state index in [1.165, 1.54) is 7.11 Å². The molecule has 0 spiro atoms. The zero-order chi connectivity index (χ0) is 15.4. The molecule has 0 N–H and O–H groups in total. The Labute approximate surface area is 128 Å². The molecule has 0 bridgehead atoms. The molecule has 3 aromatic rings. The monoisotopic (exact) mass is 290 g/mol. The maximum absolute atomic E-state index is 11.4. The summed E-state index contributed by atoms with van der Waals surface area (Å²) in [6.07, 6.45) is 5.56. The van der Waals surface area contributed by atoms with Crippen LogP contribution in [-0.4, -0.2) is 23.0 Å². The van der Waals surface area contributed by atoms with Crippen LogP contribution in [0.3, 0.4) is 0 Å². The highest BCUT2D eigenvalue weighted by Crippen LogP contribution is 2.12. The van der Waals surface area contributed by atoms with E-state index in [4.69, 9.17) is 0 Å². The molecule has 3 rings (SSSR count). The molecule has 0 saturated carbocycles. The second kappa shape index (κ2) is 6.18. The molecule has 0 atom stereocenters. The molecule has 0 aliphatic heterocycles. The minimum Gasteiger partial charge on any atom is -0.465 e. The van der Waals surface area contributed by atoms with Crippen LogP contribution in [0, 0.1) is 0 Å². The summed E-state index contributed by atoms with van der Waals surface area (Å²) >= 11 is 0. The van der Waals surface area contributed by atoms with Gasteiger partial charge in [-0.05, 0) is 35.9 Å². The molecule has 108 valence electrons. The lowest BCUT2D eigenvalue weighted by atomic mass is 10.1. The number of para-hydroxylation sites is 2. The molecule has 4 heteroatoms. The number of benzene rings is 2. The molecule has 0 radical (unpaired) electrons. The van der Waals surface area contributed by atoms with Crippen LogP contribution in [-0.2, 0) is 4.74 Å². The predicted molar refractivity (Wildman–Crippen MR) is 86.2 cm³/mol. The molecule has 0 amide bonds. The number of aromatic nitrogens is 2. The minimum atomic E-state index is -0.337. The van der Waals surface area contributed by atoms with Crippen molar-refractivity contribution in [2.45, 2.75) is 0 Å². The van der Waals surface area contributed by atoms with Crippen molar-refractivity contribution in [2.75, 3.05) is 7.11 Å². The number of hydrogen-bond donors (Lipinski definition) is 0. The number of nitrogens with zero attached hydrogens (tertiary/aromatic N) is 2. The van der Waals surface area contributed by atoms with Gasteiger partial charge in [0.2, 0.25) is 0 Å². The molecule has 0 aliphatic carbocycles. The topological polar surface area (TPSA) is 52.1 Å². The lowest BCUT2D eigenvalue weighted by molar-refractivity contribution is 0.0601. The van der Waals surface area contributed by atoms with Crippen LogP contribution in [0.4, 0.5) is 0 Å². The van der Waals surface area contributed by atoms with Gasteiger partial charge in [-0.2, -0.15) is 0 Å². The fourth-order valence-corrected chi connectivity index (χ4v) is 2.08. The summed E-state index contributed by atoms with van der Waals surface area (Å²) in [7, 11) is 1.37. The van der Waals surface area contributed by atoms with E-state index < -0.39 is 0 Å². The van der Waals surface area contributed by atoms with Gasteiger partial charge in [0.05, 0.1) is 35.6 Å². The van der Waals surface area contributed by atoms with Gasteiger partial charge in [0.1, 0.15) is 0 Å². The molecule has 4 nitrogen and oxygen atoms in total. The maximum atomic E-state index is 11.4. The summed E-state index contributed by atoms with van der Waals surface area (Å²) in [5, 5.41) is 0. The van der Waals surface area contributed by atoms with Gasteiger partial charge in [0.15, 0.2) is 0 Å². The smallest absolute Gasteiger partial charge is 0.337 e. The van der Waals surface area contributed by atoms with E-state index in [1.54, 1.807) is 18.3 Å². The second-order valence-electron chi connectivity index (χ2n) is 4.73. The van der Waals surface area contributed by atoms with Crippen LogP contribution in [0.1, 0.15) is 21.6 Å². The van der Waals surface area contributed by atoms with Crippen LogP contribution in [0.2, 0.25) is 0 Å². The molecule has 1 aromatic heterocycles. The largest absolute Gasteiger partial charge is 0.465 e. The summed E-state index contributed by atoms with van der Waals surface area (Å²) in [6, 6.07) is 14.9. The molecule has 2 aromatic carbocycles. The Morgan fingerprint density at radius 2 is 1.73 bits per heavy atom. The first-order valence-corrected chi connectivity index (χ1v) is 6.84. The molecule has 0 fully saturated rings. The molecular formula is C18H14N2O2. The van der Waals surface area contributed by atoms with Gasteiger partial charge in [-0.25, -0.2) is 9.78 Å². The Bertz CT molecular complexity index is 839. The van der Waals surface area contributed by atoms with Crippen molar-refractivity contribution in [1.29, 1.82) is 0 Å². The number of carbonyl (C=O) groups is 1. The lowest BCUT2D eigenvalue weighted by Crippen LogP contribution is -2.00. The lowest BCUT2D eigenvalue weighted by Gasteiger charge is -2.00. The molecule has 0 unspecified atom stereocenters. The third-order valence-corrected chi connectivity index (χ3v) is 3.25.